The summed E-state index contributed by atoms with van der Waals surface area (Å²) in [6, 6.07) is 4.05. The van der Waals surface area contributed by atoms with Crippen molar-refractivity contribution in [3.8, 4) is 0 Å². The van der Waals surface area contributed by atoms with Gasteiger partial charge < -0.3 is 10.2 Å². The average molecular weight is 300 g/mol. The first kappa shape index (κ1) is 11.9. The van der Waals surface area contributed by atoms with E-state index < -0.39 is 0 Å². The lowest BCUT2D eigenvalue weighted by atomic mass is 10.0. The van der Waals surface area contributed by atoms with Gasteiger partial charge in [-0.3, -0.25) is 0 Å². The third-order valence-electron chi connectivity index (χ3n) is 2.60. The molecule has 0 fully saturated rings. The van der Waals surface area contributed by atoms with Crippen LogP contribution in [0, 0.1) is 0 Å². The summed E-state index contributed by atoms with van der Waals surface area (Å²) in [6.07, 6.45) is 3.46. The van der Waals surface area contributed by atoms with Crippen molar-refractivity contribution in [2.75, 3.05) is 0 Å². The Morgan fingerprint density at radius 1 is 1.50 bits per heavy atom. The van der Waals surface area contributed by atoms with Crippen LogP contribution in [0.25, 0.3) is 0 Å². The maximum atomic E-state index is 6.20. The standard InChI is InChI=1S/C12H14BrNOS/c1-2-11-8(3-5-15-11)10(14)7-12-9(13)4-6-16-12/h3-6,10H,2,7,14H2,1H3. The zero-order valence-electron chi connectivity index (χ0n) is 9.07. The van der Waals surface area contributed by atoms with Gasteiger partial charge in [0, 0.05) is 33.8 Å². The Labute approximate surface area is 108 Å². The quantitative estimate of drug-likeness (QED) is 0.930. The van der Waals surface area contributed by atoms with E-state index in [1.807, 2.05) is 6.07 Å². The molecule has 16 heavy (non-hydrogen) atoms. The second-order valence-corrected chi connectivity index (χ2v) is 5.51. The molecule has 4 heteroatoms. The predicted octanol–water partition coefficient (Wildman–Crippen LogP) is 3.91. The lowest BCUT2D eigenvalue weighted by Crippen LogP contribution is -2.13. The van der Waals surface area contributed by atoms with Gasteiger partial charge in [-0.25, -0.2) is 0 Å². The Morgan fingerprint density at radius 3 is 2.94 bits per heavy atom. The zero-order valence-corrected chi connectivity index (χ0v) is 11.5. The van der Waals surface area contributed by atoms with Crippen LogP contribution in [0.2, 0.25) is 0 Å². The highest BCUT2D eigenvalue weighted by Crippen LogP contribution is 2.28. The maximum Gasteiger partial charge on any atom is 0.108 e. The maximum absolute atomic E-state index is 6.20. The minimum Gasteiger partial charge on any atom is -0.469 e. The van der Waals surface area contributed by atoms with Crippen molar-refractivity contribution in [3.05, 3.63) is 44.4 Å². The monoisotopic (exact) mass is 299 g/mol. The minimum atomic E-state index is 0.0173. The van der Waals surface area contributed by atoms with Gasteiger partial charge in [0.25, 0.3) is 0 Å². The van der Waals surface area contributed by atoms with Crippen LogP contribution < -0.4 is 5.73 Å². The molecule has 0 radical (unpaired) electrons. The van der Waals surface area contributed by atoms with E-state index in [1.54, 1.807) is 17.6 Å². The Hall–Kier alpha value is -0.580. The normalized spacial score (nSPS) is 12.9. The van der Waals surface area contributed by atoms with Gasteiger partial charge in [0.05, 0.1) is 6.26 Å². The highest BCUT2D eigenvalue weighted by atomic mass is 79.9. The Kier molecular flexibility index (Phi) is 3.84. The zero-order chi connectivity index (χ0) is 11.5. The summed E-state index contributed by atoms with van der Waals surface area (Å²) in [5, 5.41) is 2.07. The van der Waals surface area contributed by atoms with E-state index in [0.717, 1.165) is 28.6 Å². The SMILES string of the molecule is CCc1occc1C(N)Cc1sccc1Br. The van der Waals surface area contributed by atoms with Crippen LogP contribution in [0.5, 0.6) is 0 Å². The summed E-state index contributed by atoms with van der Waals surface area (Å²) >= 11 is 5.26. The van der Waals surface area contributed by atoms with Crippen LogP contribution in [0.4, 0.5) is 0 Å². The molecule has 0 amide bonds. The lowest BCUT2D eigenvalue weighted by molar-refractivity contribution is 0.505. The fourth-order valence-electron chi connectivity index (χ4n) is 1.75. The van der Waals surface area contributed by atoms with Crippen LogP contribution >= 0.6 is 27.3 Å². The Morgan fingerprint density at radius 2 is 2.31 bits per heavy atom. The number of hydrogen-bond acceptors (Lipinski definition) is 3. The third-order valence-corrected chi connectivity index (χ3v) is 4.55. The van der Waals surface area contributed by atoms with Crippen molar-refractivity contribution < 1.29 is 4.42 Å². The van der Waals surface area contributed by atoms with Gasteiger partial charge in [-0.15, -0.1) is 11.3 Å². The summed E-state index contributed by atoms with van der Waals surface area (Å²) in [7, 11) is 0. The predicted molar refractivity (Wildman–Crippen MR) is 70.7 cm³/mol. The molecule has 2 N–H and O–H groups in total. The summed E-state index contributed by atoms with van der Waals surface area (Å²) in [6.45, 7) is 2.08. The van der Waals surface area contributed by atoms with E-state index >= 15 is 0 Å². The van der Waals surface area contributed by atoms with Gasteiger partial charge >= 0.3 is 0 Å². The second-order valence-electron chi connectivity index (χ2n) is 3.66. The molecule has 1 unspecified atom stereocenters. The molecule has 0 aliphatic rings. The molecule has 2 aromatic rings. The number of thiophene rings is 1. The highest BCUT2D eigenvalue weighted by molar-refractivity contribution is 9.10. The fraction of sp³-hybridized carbons (Fsp3) is 0.333. The molecule has 1 atom stereocenters. The number of nitrogens with two attached hydrogens (primary N) is 1. The van der Waals surface area contributed by atoms with Gasteiger partial charge in [0.1, 0.15) is 5.76 Å². The first-order chi connectivity index (χ1) is 7.72. The molecule has 0 bridgehead atoms. The summed E-state index contributed by atoms with van der Waals surface area (Å²) in [5.41, 5.74) is 7.33. The van der Waals surface area contributed by atoms with Gasteiger partial charge in [-0.2, -0.15) is 0 Å². The third kappa shape index (κ3) is 2.39. The van der Waals surface area contributed by atoms with Gasteiger partial charge in [-0.1, -0.05) is 6.92 Å². The average Bonchev–Trinajstić information content (AvgIpc) is 2.87. The summed E-state index contributed by atoms with van der Waals surface area (Å²) < 4.78 is 6.54. The summed E-state index contributed by atoms with van der Waals surface area (Å²) in [5.74, 6) is 1.00. The largest absolute Gasteiger partial charge is 0.469 e. The van der Waals surface area contributed by atoms with Crippen LogP contribution in [-0.4, -0.2) is 0 Å². The molecule has 2 rings (SSSR count). The van der Waals surface area contributed by atoms with E-state index in [-0.39, 0.29) is 6.04 Å². The molecular weight excluding hydrogens is 286 g/mol. The van der Waals surface area contributed by atoms with Crippen LogP contribution in [0.1, 0.15) is 29.2 Å². The van der Waals surface area contributed by atoms with Crippen molar-refractivity contribution in [2.24, 2.45) is 5.73 Å². The molecule has 86 valence electrons. The van der Waals surface area contributed by atoms with Gasteiger partial charge in [0.2, 0.25) is 0 Å². The summed E-state index contributed by atoms with van der Waals surface area (Å²) in [4.78, 5) is 1.29. The van der Waals surface area contributed by atoms with Crippen molar-refractivity contribution >= 4 is 27.3 Å². The number of aryl methyl sites for hydroxylation is 1. The van der Waals surface area contributed by atoms with E-state index in [4.69, 9.17) is 10.2 Å². The molecule has 2 aromatic heterocycles. The molecule has 0 saturated heterocycles. The number of rotatable bonds is 4. The first-order valence-corrected chi connectivity index (χ1v) is 6.93. The topological polar surface area (TPSA) is 39.2 Å². The number of furan rings is 1. The lowest BCUT2D eigenvalue weighted by Gasteiger charge is -2.10. The van der Waals surface area contributed by atoms with Gasteiger partial charge in [-0.05, 0) is 33.4 Å². The Bertz CT molecular complexity index is 463. The van der Waals surface area contributed by atoms with Crippen molar-refractivity contribution in [2.45, 2.75) is 25.8 Å². The van der Waals surface area contributed by atoms with Crippen LogP contribution in [0.3, 0.4) is 0 Å². The van der Waals surface area contributed by atoms with E-state index in [2.05, 4.69) is 34.3 Å². The fourth-order valence-corrected chi connectivity index (χ4v) is 3.32. The van der Waals surface area contributed by atoms with E-state index in [1.165, 1.54) is 4.88 Å². The smallest absolute Gasteiger partial charge is 0.108 e. The van der Waals surface area contributed by atoms with E-state index in [9.17, 15) is 0 Å². The molecule has 0 spiro atoms. The van der Waals surface area contributed by atoms with Crippen molar-refractivity contribution in [3.63, 3.8) is 0 Å². The van der Waals surface area contributed by atoms with Gasteiger partial charge in [0.15, 0.2) is 0 Å². The molecule has 0 saturated carbocycles. The van der Waals surface area contributed by atoms with E-state index in [0.29, 0.717) is 0 Å². The molecular formula is C12H14BrNOS. The number of hydrogen-bond donors (Lipinski definition) is 1. The second kappa shape index (κ2) is 5.17. The number of halogens is 1. The van der Waals surface area contributed by atoms with Crippen molar-refractivity contribution in [1.82, 2.24) is 0 Å². The minimum absolute atomic E-state index is 0.0173. The van der Waals surface area contributed by atoms with Crippen LogP contribution in [0.15, 0.2) is 32.7 Å². The van der Waals surface area contributed by atoms with Crippen LogP contribution in [-0.2, 0) is 12.8 Å². The van der Waals surface area contributed by atoms with Crippen molar-refractivity contribution in [1.29, 1.82) is 0 Å². The highest BCUT2D eigenvalue weighted by Gasteiger charge is 2.15. The molecule has 0 aromatic carbocycles. The molecule has 0 aliphatic heterocycles. The molecule has 2 nitrogen and oxygen atoms in total. The first-order valence-electron chi connectivity index (χ1n) is 5.26. The Balaban J connectivity index is 2.14. The molecule has 0 aliphatic carbocycles. The molecule has 2 heterocycles.